The van der Waals surface area contributed by atoms with Gasteiger partial charge in [0.05, 0.1) is 6.10 Å². The van der Waals surface area contributed by atoms with E-state index in [1.54, 1.807) is 12.1 Å². The van der Waals surface area contributed by atoms with Gasteiger partial charge in [-0.05, 0) is 62.5 Å². The summed E-state index contributed by atoms with van der Waals surface area (Å²) >= 11 is 5.17. The Bertz CT molecular complexity index is 576. The van der Waals surface area contributed by atoms with Crippen molar-refractivity contribution in [3.63, 3.8) is 0 Å². The van der Waals surface area contributed by atoms with Crippen molar-refractivity contribution in [3.05, 3.63) is 29.8 Å². The molecule has 0 spiro atoms. The molecule has 2 N–H and O–H groups in total. The van der Waals surface area contributed by atoms with E-state index >= 15 is 0 Å². The molecule has 2 rings (SSSR count). The first-order valence-electron chi connectivity index (χ1n) is 8.25. The smallest absolute Gasteiger partial charge is 0.387 e. The second-order valence-electron chi connectivity index (χ2n) is 5.83. The van der Waals surface area contributed by atoms with E-state index in [2.05, 4.69) is 20.6 Å². The first-order valence-corrected chi connectivity index (χ1v) is 8.66. The maximum absolute atomic E-state index is 12.1. The van der Waals surface area contributed by atoms with Crippen LogP contribution in [0.15, 0.2) is 29.4 Å². The van der Waals surface area contributed by atoms with Crippen molar-refractivity contribution < 1.29 is 18.3 Å². The van der Waals surface area contributed by atoms with Crippen molar-refractivity contribution in [2.75, 3.05) is 13.2 Å². The monoisotopic (exact) mass is 371 g/mol. The van der Waals surface area contributed by atoms with E-state index in [1.165, 1.54) is 12.1 Å². The Morgan fingerprint density at radius 1 is 1.40 bits per heavy atom. The summed E-state index contributed by atoms with van der Waals surface area (Å²) in [7, 11) is 0. The van der Waals surface area contributed by atoms with Crippen LogP contribution in [0.25, 0.3) is 0 Å². The van der Waals surface area contributed by atoms with Gasteiger partial charge in [-0.15, -0.1) is 0 Å². The van der Waals surface area contributed by atoms with E-state index in [0.717, 1.165) is 43.6 Å². The normalized spacial score (nSPS) is 17.6. The lowest BCUT2D eigenvalue weighted by Gasteiger charge is -2.12. The molecule has 1 aliphatic rings. The lowest BCUT2D eigenvalue weighted by molar-refractivity contribution is -0.0498. The maximum Gasteiger partial charge on any atom is 0.387 e. The van der Waals surface area contributed by atoms with Gasteiger partial charge in [0, 0.05) is 18.9 Å². The van der Waals surface area contributed by atoms with Crippen molar-refractivity contribution >= 4 is 23.0 Å². The van der Waals surface area contributed by atoms with E-state index in [1.807, 2.05) is 6.92 Å². The number of hydrazone groups is 1. The van der Waals surface area contributed by atoms with Gasteiger partial charge >= 0.3 is 6.61 Å². The molecule has 0 radical (unpaired) electrons. The van der Waals surface area contributed by atoms with Crippen LogP contribution in [-0.4, -0.2) is 36.7 Å². The third-order valence-electron chi connectivity index (χ3n) is 3.79. The van der Waals surface area contributed by atoms with Crippen molar-refractivity contribution in [3.8, 4) is 5.75 Å². The Morgan fingerprint density at radius 3 is 2.80 bits per heavy atom. The summed E-state index contributed by atoms with van der Waals surface area (Å²) in [5.74, 6) is 0.161. The molecule has 1 heterocycles. The molecule has 5 nitrogen and oxygen atoms in total. The highest BCUT2D eigenvalue weighted by atomic mass is 32.1. The fraction of sp³-hybridized carbons (Fsp3) is 0.529. The van der Waals surface area contributed by atoms with Crippen LogP contribution < -0.4 is 15.5 Å². The Balaban J connectivity index is 1.67. The molecule has 0 bridgehead atoms. The number of hydrogen-bond donors (Lipinski definition) is 2. The zero-order chi connectivity index (χ0) is 18.1. The van der Waals surface area contributed by atoms with Gasteiger partial charge < -0.3 is 14.8 Å². The minimum absolute atomic E-state index is 0.161. The molecule has 1 saturated heterocycles. The van der Waals surface area contributed by atoms with E-state index in [9.17, 15) is 8.78 Å². The topological polar surface area (TPSA) is 54.9 Å². The molecule has 0 aliphatic carbocycles. The first kappa shape index (κ1) is 19.5. The summed E-state index contributed by atoms with van der Waals surface area (Å²) in [5, 5.41) is 7.80. The molecule has 25 heavy (non-hydrogen) atoms. The highest BCUT2D eigenvalue weighted by Crippen LogP contribution is 2.16. The quantitative estimate of drug-likeness (QED) is 0.417. The molecule has 0 amide bonds. The minimum atomic E-state index is -2.80. The second kappa shape index (κ2) is 10.2. The number of thiocarbonyl (C=S) groups is 1. The van der Waals surface area contributed by atoms with Crippen LogP contribution in [-0.2, 0) is 11.2 Å². The predicted octanol–water partition coefficient (Wildman–Crippen LogP) is 3.24. The van der Waals surface area contributed by atoms with Crippen LogP contribution >= 0.6 is 12.2 Å². The van der Waals surface area contributed by atoms with Crippen LogP contribution in [0.3, 0.4) is 0 Å². The lowest BCUT2D eigenvalue weighted by atomic mass is 10.1. The number of aryl methyl sites for hydroxylation is 1. The molecule has 138 valence electrons. The first-order chi connectivity index (χ1) is 12.0. The van der Waals surface area contributed by atoms with E-state index in [0.29, 0.717) is 11.7 Å². The molecular weight excluding hydrogens is 348 g/mol. The number of ether oxygens (including phenoxy) is 2. The van der Waals surface area contributed by atoms with Crippen molar-refractivity contribution in [1.82, 2.24) is 10.7 Å². The molecule has 0 saturated carbocycles. The summed E-state index contributed by atoms with van der Waals surface area (Å²) < 4.78 is 34.0. The number of alkyl halides is 2. The van der Waals surface area contributed by atoms with Gasteiger partial charge in [-0.2, -0.15) is 13.9 Å². The van der Waals surface area contributed by atoms with Crippen molar-refractivity contribution in [1.29, 1.82) is 0 Å². The number of hydrogen-bond acceptors (Lipinski definition) is 4. The maximum atomic E-state index is 12.1. The van der Waals surface area contributed by atoms with E-state index in [4.69, 9.17) is 17.0 Å². The van der Waals surface area contributed by atoms with Crippen LogP contribution in [0.5, 0.6) is 5.75 Å². The van der Waals surface area contributed by atoms with Gasteiger partial charge in [0.2, 0.25) is 0 Å². The fourth-order valence-electron chi connectivity index (χ4n) is 2.42. The average Bonchev–Trinajstić information content (AvgIpc) is 3.10. The fourth-order valence-corrected chi connectivity index (χ4v) is 2.55. The number of benzene rings is 1. The molecule has 0 aromatic heterocycles. The summed E-state index contributed by atoms with van der Waals surface area (Å²) in [6.45, 7) is 0.611. The molecular formula is C17H23F2N3O2S. The summed E-state index contributed by atoms with van der Waals surface area (Å²) in [6.07, 6.45) is 3.86. The third-order valence-corrected chi connectivity index (χ3v) is 4.02. The highest BCUT2D eigenvalue weighted by molar-refractivity contribution is 7.80. The number of rotatable bonds is 8. The van der Waals surface area contributed by atoms with Gasteiger partial charge in [-0.1, -0.05) is 12.1 Å². The largest absolute Gasteiger partial charge is 0.435 e. The van der Waals surface area contributed by atoms with Gasteiger partial charge in [0.25, 0.3) is 0 Å². The SMILES string of the molecule is C/C(CCc1ccc(OC(F)F)cc1)=N/NC(=S)NC[C@@H]1CCCO1. The van der Waals surface area contributed by atoms with Crippen LogP contribution in [0.4, 0.5) is 8.78 Å². The van der Waals surface area contributed by atoms with E-state index in [-0.39, 0.29) is 11.9 Å². The Labute approximate surface area is 151 Å². The Hall–Kier alpha value is -1.80. The average molecular weight is 371 g/mol. The van der Waals surface area contributed by atoms with Crippen molar-refractivity contribution in [2.24, 2.45) is 5.10 Å². The second-order valence-corrected chi connectivity index (χ2v) is 6.23. The molecule has 1 aromatic rings. The molecule has 1 aromatic carbocycles. The minimum Gasteiger partial charge on any atom is -0.435 e. The van der Waals surface area contributed by atoms with Crippen LogP contribution in [0.2, 0.25) is 0 Å². The van der Waals surface area contributed by atoms with E-state index < -0.39 is 6.61 Å². The Morgan fingerprint density at radius 2 is 2.16 bits per heavy atom. The van der Waals surface area contributed by atoms with Gasteiger partial charge in [-0.25, -0.2) is 0 Å². The molecule has 1 fully saturated rings. The number of halogens is 2. The Kier molecular flexibility index (Phi) is 8.00. The van der Waals surface area contributed by atoms with Gasteiger partial charge in [0.1, 0.15) is 5.75 Å². The third kappa shape index (κ3) is 7.74. The molecule has 1 aliphatic heterocycles. The molecule has 0 unspecified atom stereocenters. The number of nitrogens with one attached hydrogen (secondary N) is 2. The zero-order valence-electron chi connectivity index (χ0n) is 14.1. The lowest BCUT2D eigenvalue weighted by Crippen LogP contribution is -2.37. The highest BCUT2D eigenvalue weighted by Gasteiger charge is 2.15. The zero-order valence-corrected chi connectivity index (χ0v) is 15.0. The van der Waals surface area contributed by atoms with Crippen LogP contribution in [0, 0.1) is 0 Å². The number of nitrogens with zero attached hydrogens (tertiary/aromatic N) is 1. The summed E-state index contributed by atoms with van der Waals surface area (Å²) in [5.41, 5.74) is 4.74. The molecule has 8 heteroatoms. The van der Waals surface area contributed by atoms with Gasteiger partial charge in [-0.3, -0.25) is 5.43 Å². The summed E-state index contributed by atoms with van der Waals surface area (Å²) in [4.78, 5) is 0. The van der Waals surface area contributed by atoms with Crippen LogP contribution in [0.1, 0.15) is 31.7 Å². The standard InChI is InChI=1S/C17H23F2N3O2S/c1-12(21-22-17(25)20-11-15-3-2-10-23-15)4-5-13-6-8-14(9-7-13)24-16(18)19/h6-9,15-16H,2-5,10-11H2,1H3,(H2,20,22,25)/b21-12-/t15-/m0/s1. The molecule has 1 atom stereocenters. The summed E-state index contributed by atoms with van der Waals surface area (Å²) in [6, 6.07) is 6.62. The van der Waals surface area contributed by atoms with Crippen molar-refractivity contribution in [2.45, 2.75) is 45.3 Å². The predicted molar refractivity (Wildman–Crippen MR) is 97.2 cm³/mol. The van der Waals surface area contributed by atoms with Gasteiger partial charge in [0.15, 0.2) is 5.11 Å².